The lowest BCUT2D eigenvalue weighted by molar-refractivity contribution is -0.153. The topological polar surface area (TPSA) is 68.3 Å². The third-order valence-electron chi connectivity index (χ3n) is 1.86. The van der Waals surface area contributed by atoms with Crippen molar-refractivity contribution in [2.75, 3.05) is 6.61 Å². The lowest BCUT2D eigenvalue weighted by atomic mass is 10.1. The fourth-order valence-corrected chi connectivity index (χ4v) is 4.11. The highest BCUT2D eigenvalue weighted by Crippen LogP contribution is 2.33. The molecule has 0 unspecified atom stereocenters. The zero-order valence-corrected chi connectivity index (χ0v) is 13.0. The van der Waals surface area contributed by atoms with E-state index in [1.54, 1.807) is 20.8 Å². The standard InChI is InChI=1S/C10H15F3N2O3S2/c1-6-7(20(16,17)15-9(2,3)4)8(19-14-6)18-5-10(11,12)13/h15H,5H2,1-4H3. The third kappa shape index (κ3) is 4.91. The van der Waals surface area contributed by atoms with Gasteiger partial charge < -0.3 is 4.74 Å². The SMILES string of the molecule is Cc1nsc(OCC(F)(F)F)c1S(=O)(=O)NC(C)(C)C. The Kier molecular flexibility index (Phi) is 4.72. The van der Waals surface area contributed by atoms with Crippen molar-refractivity contribution in [3.63, 3.8) is 0 Å². The zero-order chi connectivity index (χ0) is 15.8. The highest BCUT2D eigenvalue weighted by Gasteiger charge is 2.33. The minimum absolute atomic E-state index is 0.101. The van der Waals surface area contributed by atoms with Crippen molar-refractivity contribution in [1.82, 2.24) is 9.10 Å². The lowest BCUT2D eigenvalue weighted by Gasteiger charge is -2.20. The van der Waals surface area contributed by atoms with E-state index in [0.717, 1.165) is 0 Å². The van der Waals surface area contributed by atoms with Crippen LogP contribution in [0.3, 0.4) is 0 Å². The van der Waals surface area contributed by atoms with E-state index >= 15 is 0 Å². The largest absolute Gasteiger partial charge is 0.472 e. The smallest absolute Gasteiger partial charge is 0.422 e. The Morgan fingerprint density at radius 3 is 2.30 bits per heavy atom. The van der Waals surface area contributed by atoms with Crippen LogP contribution in [0.2, 0.25) is 0 Å². The molecule has 0 fully saturated rings. The molecular formula is C10H15F3N2O3S2. The Balaban J connectivity index is 3.09. The summed E-state index contributed by atoms with van der Waals surface area (Å²) in [5.74, 6) is 0. The first-order chi connectivity index (χ1) is 8.82. The molecule has 0 aliphatic carbocycles. The molecule has 0 saturated carbocycles. The molecule has 0 bridgehead atoms. The van der Waals surface area contributed by atoms with Gasteiger partial charge in [-0.15, -0.1) is 0 Å². The molecule has 1 N–H and O–H groups in total. The number of aryl methyl sites for hydroxylation is 1. The first-order valence-corrected chi connectivity index (χ1v) is 7.77. The highest BCUT2D eigenvalue weighted by molar-refractivity contribution is 7.89. The maximum atomic E-state index is 12.2. The Labute approximate surface area is 119 Å². The molecule has 0 radical (unpaired) electrons. The van der Waals surface area contributed by atoms with Crippen LogP contribution in [-0.4, -0.2) is 31.1 Å². The third-order valence-corrected chi connectivity index (χ3v) is 4.74. The molecule has 10 heteroatoms. The van der Waals surface area contributed by atoms with E-state index in [9.17, 15) is 21.6 Å². The van der Waals surface area contributed by atoms with Gasteiger partial charge in [-0.1, -0.05) is 0 Å². The van der Waals surface area contributed by atoms with Gasteiger partial charge in [-0.05, 0) is 27.7 Å². The molecule has 20 heavy (non-hydrogen) atoms. The lowest BCUT2D eigenvalue weighted by Crippen LogP contribution is -2.40. The van der Waals surface area contributed by atoms with Gasteiger partial charge in [0, 0.05) is 17.1 Å². The number of nitrogens with zero attached hydrogens (tertiary/aromatic N) is 1. The van der Waals surface area contributed by atoms with Crippen LogP contribution in [0.5, 0.6) is 5.06 Å². The van der Waals surface area contributed by atoms with Gasteiger partial charge in [0.25, 0.3) is 0 Å². The van der Waals surface area contributed by atoms with Gasteiger partial charge in [-0.2, -0.15) is 17.5 Å². The van der Waals surface area contributed by atoms with Crippen LogP contribution >= 0.6 is 11.5 Å². The first kappa shape index (κ1) is 17.2. The predicted molar refractivity (Wildman–Crippen MR) is 68.5 cm³/mol. The number of halogens is 3. The summed E-state index contributed by atoms with van der Waals surface area (Å²) < 4.78 is 71.4. The van der Waals surface area contributed by atoms with Gasteiger partial charge in [0.15, 0.2) is 11.5 Å². The van der Waals surface area contributed by atoms with Crippen molar-refractivity contribution < 1.29 is 26.3 Å². The van der Waals surface area contributed by atoms with Crippen LogP contribution in [0.4, 0.5) is 13.2 Å². The summed E-state index contributed by atoms with van der Waals surface area (Å²) in [6, 6.07) is 0. The van der Waals surface area contributed by atoms with Crippen molar-refractivity contribution in [2.24, 2.45) is 0 Å². The van der Waals surface area contributed by atoms with Crippen molar-refractivity contribution in [1.29, 1.82) is 0 Å². The minimum Gasteiger partial charge on any atom is -0.472 e. The van der Waals surface area contributed by atoms with Crippen LogP contribution in [-0.2, 0) is 10.0 Å². The summed E-state index contributed by atoms with van der Waals surface area (Å²) in [5, 5.41) is -0.364. The Hall–Kier alpha value is -0.870. The molecule has 0 aliphatic rings. The normalized spacial score (nSPS) is 13.6. The van der Waals surface area contributed by atoms with Crippen molar-refractivity contribution >= 4 is 21.6 Å². The number of nitrogens with one attached hydrogen (secondary N) is 1. The second-order valence-electron chi connectivity index (χ2n) is 5.14. The zero-order valence-electron chi connectivity index (χ0n) is 11.3. The minimum atomic E-state index is -4.55. The summed E-state index contributed by atoms with van der Waals surface area (Å²) in [7, 11) is -4.00. The number of alkyl halides is 3. The molecule has 0 atom stereocenters. The fraction of sp³-hybridized carbons (Fsp3) is 0.700. The second-order valence-corrected chi connectivity index (χ2v) is 7.50. The molecule has 5 nitrogen and oxygen atoms in total. The van der Waals surface area contributed by atoms with Crippen molar-refractivity contribution in [3.05, 3.63) is 5.69 Å². The van der Waals surface area contributed by atoms with Gasteiger partial charge in [0.05, 0.1) is 5.69 Å². The summed E-state index contributed by atoms with van der Waals surface area (Å²) >= 11 is 0.578. The molecule has 0 amide bonds. The van der Waals surface area contributed by atoms with E-state index in [-0.39, 0.29) is 15.7 Å². The van der Waals surface area contributed by atoms with Crippen LogP contribution in [0.25, 0.3) is 0 Å². The van der Waals surface area contributed by atoms with Crippen LogP contribution < -0.4 is 9.46 Å². The number of sulfonamides is 1. The van der Waals surface area contributed by atoms with Crippen molar-refractivity contribution in [2.45, 2.75) is 44.3 Å². The molecule has 0 saturated heterocycles. The Bertz CT molecular complexity index is 574. The predicted octanol–water partition coefficient (Wildman–Crippen LogP) is 2.47. The molecular weight excluding hydrogens is 317 g/mol. The number of aromatic nitrogens is 1. The maximum absolute atomic E-state index is 12.2. The van der Waals surface area contributed by atoms with Gasteiger partial charge in [-0.25, -0.2) is 13.1 Å². The average molecular weight is 332 g/mol. The van der Waals surface area contributed by atoms with Crippen LogP contribution in [0.1, 0.15) is 26.5 Å². The molecule has 116 valence electrons. The van der Waals surface area contributed by atoms with Gasteiger partial charge in [0.1, 0.15) is 0 Å². The molecule has 1 aromatic rings. The van der Waals surface area contributed by atoms with Crippen LogP contribution in [0.15, 0.2) is 4.90 Å². The Morgan fingerprint density at radius 2 is 1.85 bits per heavy atom. The van der Waals surface area contributed by atoms with E-state index < -0.39 is 28.3 Å². The number of hydrogen-bond acceptors (Lipinski definition) is 5. The molecule has 0 spiro atoms. The van der Waals surface area contributed by atoms with E-state index in [1.165, 1.54) is 6.92 Å². The first-order valence-electron chi connectivity index (χ1n) is 5.52. The van der Waals surface area contributed by atoms with E-state index in [0.29, 0.717) is 11.5 Å². The second kappa shape index (κ2) is 5.49. The van der Waals surface area contributed by atoms with E-state index in [2.05, 4.69) is 13.8 Å². The summed E-state index contributed by atoms with van der Waals surface area (Å²) in [4.78, 5) is -0.346. The quantitative estimate of drug-likeness (QED) is 0.920. The molecule has 0 aromatic carbocycles. The summed E-state index contributed by atoms with van der Waals surface area (Å²) in [6.07, 6.45) is -4.55. The van der Waals surface area contributed by atoms with Crippen molar-refractivity contribution in [3.8, 4) is 5.06 Å². The summed E-state index contributed by atoms with van der Waals surface area (Å²) in [6.45, 7) is 4.70. The maximum Gasteiger partial charge on any atom is 0.422 e. The monoisotopic (exact) mass is 332 g/mol. The number of hydrogen-bond donors (Lipinski definition) is 1. The molecule has 0 aliphatic heterocycles. The number of ether oxygens (including phenoxy) is 1. The highest BCUT2D eigenvalue weighted by atomic mass is 32.2. The van der Waals surface area contributed by atoms with E-state index in [1.807, 2.05) is 0 Å². The van der Waals surface area contributed by atoms with Crippen LogP contribution in [0, 0.1) is 6.92 Å². The van der Waals surface area contributed by atoms with Gasteiger partial charge in [0.2, 0.25) is 15.1 Å². The average Bonchev–Trinajstić information content (AvgIpc) is 2.52. The fourth-order valence-electron chi connectivity index (χ4n) is 1.34. The molecule has 1 aromatic heterocycles. The van der Waals surface area contributed by atoms with Gasteiger partial charge >= 0.3 is 6.18 Å². The molecule has 1 heterocycles. The number of rotatable bonds is 4. The Morgan fingerprint density at radius 1 is 1.30 bits per heavy atom. The summed E-state index contributed by atoms with van der Waals surface area (Å²) in [5.41, 5.74) is -0.668. The van der Waals surface area contributed by atoms with Gasteiger partial charge in [-0.3, -0.25) is 0 Å². The molecule has 1 rings (SSSR count). The van der Waals surface area contributed by atoms with E-state index in [4.69, 9.17) is 0 Å².